The Kier molecular flexibility index (Phi) is 19.5. The van der Waals surface area contributed by atoms with Gasteiger partial charge < -0.3 is 40.9 Å². The normalized spacial score (nSPS) is 10.7. The van der Waals surface area contributed by atoms with Crippen LogP contribution in [-0.2, 0) is 0 Å². The van der Waals surface area contributed by atoms with Crippen molar-refractivity contribution in [3.63, 3.8) is 0 Å². The maximum absolute atomic E-state index is 11.9. The van der Waals surface area contributed by atoms with Crippen molar-refractivity contribution < 1.29 is 30.0 Å². The summed E-state index contributed by atoms with van der Waals surface area (Å²) in [6.07, 6.45) is 8.40. The fourth-order valence-corrected chi connectivity index (χ4v) is 3.04. The topological polar surface area (TPSA) is 146 Å². The second-order valence-electron chi connectivity index (χ2n) is 7.16. The van der Waals surface area contributed by atoms with Crippen LogP contribution in [0, 0.1) is 0 Å². The van der Waals surface area contributed by atoms with Crippen LogP contribution in [-0.4, -0.2) is 108 Å². The number of hydrogen-bond donors (Lipinski definition) is 6. The minimum Gasteiger partial charge on any atom is -0.395 e. The highest BCUT2D eigenvalue weighted by Crippen LogP contribution is 2.08. The SMILES string of the molecule is O=C(NCCCCCCCCCCNC(=O)N(CCO)CCO)N(CCO)CCO. The molecule has 0 aliphatic carbocycles. The summed E-state index contributed by atoms with van der Waals surface area (Å²) in [5.74, 6) is 0. The van der Waals surface area contributed by atoms with Crippen LogP contribution >= 0.6 is 0 Å². The number of amides is 4. The predicted octanol–water partition coefficient (Wildman–Crippen LogP) is 0.0996. The van der Waals surface area contributed by atoms with Gasteiger partial charge in [-0.1, -0.05) is 38.5 Å². The van der Waals surface area contributed by atoms with Crippen LogP contribution in [0.5, 0.6) is 0 Å². The van der Waals surface area contributed by atoms with Crippen molar-refractivity contribution in [2.24, 2.45) is 0 Å². The van der Waals surface area contributed by atoms with Gasteiger partial charge in [-0.25, -0.2) is 9.59 Å². The van der Waals surface area contributed by atoms with Crippen molar-refractivity contribution >= 4 is 12.1 Å². The highest BCUT2D eigenvalue weighted by Gasteiger charge is 2.11. The quantitative estimate of drug-likeness (QED) is 0.159. The number of aliphatic hydroxyl groups excluding tert-OH is 4. The molecule has 0 heterocycles. The van der Waals surface area contributed by atoms with Gasteiger partial charge in [0.05, 0.1) is 26.4 Å². The van der Waals surface area contributed by atoms with Gasteiger partial charge in [0, 0.05) is 39.3 Å². The summed E-state index contributed by atoms with van der Waals surface area (Å²) in [7, 11) is 0. The minimum absolute atomic E-state index is 0.119. The summed E-state index contributed by atoms with van der Waals surface area (Å²) in [6.45, 7) is 1.60. The molecule has 0 radical (unpaired) electrons. The van der Waals surface area contributed by atoms with Crippen LogP contribution in [0.25, 0.3) is 0 Å². The molecule has 0 aliphatic heterocycles. The zero-order valence-electron chi connectivity index (χ0n) is 18.2. The molecule has 0 aromatic carbocycles. The average molecular weight is 435 g/mol. The molecule has 30 heavy (non-hydrogen) atoms. The first kappa shape index (κ1) is 28.4. The monoisotopic (exact) mass is 434 g/mol. The Morgan fingerprint density at radius 2 is 0.767 bits per heavy atom. The molecule has 0 spiro atoms. The van der Waals surface area contributed by atoms with Crippen molar-refractivity contribution in [2.75, 3.05) is 65.7 Å². The molecular weight excluding hydrogens is 392 g/mol. The standard InChI is InChI=1S/C20H42N4O6/c25-15-11-23(12-16-26)19(29)21-9-7-5-3-1-2-4-6-8-10-22-20(30)24(13-17-27)14-18-28/h25-28H,1-18H2,(H,21,29)(H,22,30). The number of urea groups is 2. The predicted molar refractivity (Wildman–Crippen MR) is 115 cm³/mol. The van der Waals surface area contributed by atoms with E-state index in [0.717, 1.165) is 51.4 Å². The van der Waals surface area contributed by atoms with E-state index >= 15 is 0 Å². The fraction of sp³-hybridized carbons (Fsp3) is 0.900. The van der Waals surface area contributed by atoms with Crippen LogP contribution in [0.2, 0.25) is 0 Å². The van der Waals surface area contributed by atoms with Gasteiger partial charge in [0.1, 0.15) is 0 Å². The lowest BCUT2D eigenvalue weighted by molar-refractivity contribution is 0.158. The number of carbonyl (C=O) groups is 2. The van der Waals surface area contributed by atoms with Crippen LogP contribution in [0.15, 0.2) is 0 Å². The van der Waals surface area contributed by atoms with Crippen molar-refractivity contribution in [1.29, 1.82) is 0 Å². The number of nitrogens with zero attached hydrogens (tertiary/aromatic N) is 2. The van der Waals surface area contributed by atoms with Gasteiger partial charge in [0.25, 0.3) is 0 Å². The maximum Gasteiger partial charge on any atom is 0.317 e. The molecular formula is C20H42N4O6. The molecule has 0 aromatic heterocycles. The van der Waals surface area contributed by atoms with Gasteiger partial charge in [-0.2, -0.15) is 0 Å². The third-order valence-corrected chi connectivity index (χ3v) is 4.71. The molecule has 4 amide bonds. The van der Waals surface area contributed by atoms with E-state index in [4.69, 9.17) is 20.4 Å². The number of carbonyl (C=O) groups excluding carboxylic acids is 2. The molecule has 0 fully saturated rings. The van der Waals surface area contributed by atoms with Gasteiger partial charge in [-0.05, 0) is 12.8 Å². The Morgan fingerprint density at radius 3 is 1.03 bits per heavy atom. The van der Waals surface area contributed by atoms with E-state index < -0.39 is 0 Å². The summed E-state index contributed by atoms with van der Waals surface area (Å²) >= 11 is 0. The zero-order valence-corrected chi connectivity index (χ0v) is 18.2. The third kappa shape index (κ3) is 15.3. The van der Waals surface area contributed by atoms with Crippen molar-refractivity contribution in [3.05, 3.63) is 0 Å². The molecule has 10 heteroatoms. The van der Waals surface area contributed by atoms with E-state index in [1.807, 2.05) is 0 Å². The molecule has 0 rings (SSSR count). The lowest BCUT2D eigenvalue weighted by Crippen LogP contribution is -2.43. The third-order valence-electron chi connectivity index (χ3n) is 4.71. The summed E-state index contributed by atoms with van der Waals surface area (Å²) in [6, 6.07) is -0.498. The fourth-order valence-electron chi connectivity index (χ4n) is 3.04. The Labute approximate surface area is 180 Å². The largest absolute Gasteiger partial charge is 0.395 e. The summed E-state index contributed by atoms with van der Waals surface area (Å²) in [5.41, 5.74) is 0. The number of hydrogen-bond acceptors (Lipinski definition) is 6. The highest BCUT2D eigenvalue weighted by atomic mass is 16.3. The first-order valence-corrected chi connectivity index (χ1v) is 11.1. The zero-order chi connectivity index (χ0) is 22.5. The smallest absolute Gasteiger partial charge is 0.317 e. The average Bonchev–Trinajstić information content (AvgIpc) is 2.73. The van der Waals surface area contributed by atoms with E-state index in [1.165, 1.54) is 9.80 Å². The van der Waals surface area contributed by atoms with E-state index in [2.05, 4.69) is 10.6 Å². The highest BCUT2D eigenvalue weighted by molar-refractivity contribution is 5.74. The molecule has 0 unspecified atom stereocenters. The summed E-state index contributed by atoms with van der Waals surface area (Å²) in [4.78, 5) is 26.5. The molecule has 0 atom stereocenters. The van der Waals surface area contributed by atoms with Gasteiger partial charge >= 0.3 is 12.1 Å². The van der Waals surface area contributed by atoms with Gasteiger partial charge in [0.2, 0.25) is 0 Å². The molecule has 0 saturated carbocycles. The minimum atomic E-state index is -0.249. The molecule has 0 bridgehead atoms. The Bertz CT molecular complexity index is 378. The lowest BCUT2D eigenvalue weighted by Gasteiger charge is -2.21. The molecule has 178 valence electrons. The summed E-state index contributed by atoms with van der Waals surface area (Å²) in [5, 5.41) is 41.3. The Balaban J connectivity index is 3.53. The molecule has 10 nitrogen and oxygen atoms in total. The number of unbranched alkanes of at least 4 members (excludes halogenated alkanes) is 7. The van der Waals surface area contributed by atoms with Crippen molar-refractivity contribution in [2.45, 2.75) is 51.4 Å². The second-order valence-corrected chi connectivity index (χ2v) is 7.16. The Hall–Kier alpha value is -1.62. The van der Waals surface area contributed by atoms with Crippen molar-refractivity contribution in [3.8, 4) is 0 Å². The number of aliphatic hydroxyl groups is 4. The van der Waals surface area contributed by atoms with Crippen LogP contribution in [0.3, 0.4) is 0 Å². The lowest BCUT2D eigenvalue weighted by atomic mass is 10.1. The Morgan fingerprint density at radius 1 is 0.500 bits per heavy atom. The van der Waals surface area contributed by atoms with Crippen LogP contribution in [0.1, 0.15) is 51.4 Å². The molecule has 6 N–H and O–H groups in total. The second kappa shape index (κ2) is 20.6. The van der Waals surface area contributed by atoms with E-state index in [-0.39, 0.29) is 64.7 Å². The van der Waals surface area contributed by atoms with E-state index in [9.17, 15) is 9.59 Å². The first-order valence-electron chi connectivity index (χ1n) is 11.1. The van der Waals surface area contributed by atoms with Gasteiger partial charge in [-0.3, -0.25) is 0 Å². The van der Waals surface area contributed by atoms with Crippen LogP contribution < -0.4 is 10.6 Å². The maximum atomic E-state index is 11.9. The van der Waals surface area contributed by atoms with Crippen LogP contribution in [0.4, 0.5) is 9.59 Å². The first-order chi connectivity index (χ1) is 14.6. The van der Waals surface area contributed by atoms with E-state index in [1.54, 1.807) is 0 Å². The summed E-state index contributed by atoms with van der Waals surface area (Å²) < 4.78 is 0. The number of nitrogens with one attached hydrogen (secondary N) is 2. The van der Waals surface area contributed by atoms with Gasteiger partial charge in [-0.15, -0.1) is 0 Å². The van der Waals surface area contributed by atoms with Gasteiger partial charge in [0.15, 0.2) is 0 Å². The van der Waals surface area contributed by atoms with Crippen molar-refractivity contribution in [1.82, 2.24) is 20.4 Å². The molecule has 0 aromatic rings. The van der Waals surface area contributed by atoms with E-state index in [0.29, 0.717) is 13.1 Å². The number of rotatable bonds is 19. The molecule has 0 saturated heterocycles. The molecule has 0 aliphatic rings.